The molecular weight excluding hydrogens is 400 g/mol. The normalized spacial score (nSPS) is 11.2. The molecule has 0 heterocycles. The maximum atomic E-state index is 10.7. The number of unbranched alkanes of at least 4 members (excludes halogenated alkanes) is 18. The fourth-order valence-corrected chi connectivity index (χ4v) is 3.87. The van der Waals surface area contributed by atoms with Gasteiger partial charge in [0.25, 0.3) is 0 Å². The first-order valence-corrected chi connectivity index (χ1v) is 13.5. The topological polar surface area (TPSA) is 52.6 Å². The number of allylic oxidation sites excluding steroid dienone is 2. The minimum atomic E-state index is -0.166. The van der Waals surface area contributed by atoms with Gasteiger partial charge in [-0.1, -0.05) is 102 Å². The number of hydrogen-bond acceptors (Lipinski definition) is 4. The molecule has 4 nitrogen and oxygen atoms in total. The van der Waals surface area contributed by atoms with Gasteiger partial charge in [0.2, 0.25) is 0 Å². The van der Waals surface area contributed by atoms with Gasteiger partial charge < -0.3 is 9.47 Å². The Morgan fingerprint density at radius 1 is 0.438 bits per heavy atom. The van der Waals surface area contributed by atoms with E-state index in [1.165, 1.54) is 129 Å². The Morgan fingerprint density at radius 2 is 0.688 bits per heavy atom. The lowest BCUT2D eigenvalue weighted by Gasteiger charge is -2.03. The molecule has 0 rings (SSSR count). The average molecular weight is 453 g/mol. The summed E-state index contributed by atoms with van der Waals surface area (Å²) < 4.78 is 9.88. The molecule has 32 heavy (non-hydrogen) atoms. The van der Waals surface area contributed by atoms with Crippen LogP contribution in [0.1, 0.15) is 142 Å². The van der Waals surface area contributed by atoms with Crippen LogP contribution in [0.4, 0.5) is 0 Å². The second-order valence-electron chi connectivity index (χ2n) is 9.09. The number of ether oxygens (including phenoxy) is 2. The molecule has 0 spiro atoms. The van der Waals surface area contributed by atoms with Crippen LogP contribution in [0, 0.1) is 0 Å². The third-order valence-corrected chi connectivity index (χ3v) is 5.81. The Bertz CT molecular complexity index is 445. The van der Waals surface area contributed by atoms with E-state index in [1.807, 2.05) is 0 Å². The van der Waals surface area contributed by atoms with Crippen molar-refractivity contribution >= 4 is 11.9 Å². The van der Waals surface area contributed by atoms with Crippen molar-refractivity contribution in [3.05, 3.63) is 12.2 Å². The van der Waals surface area contributed by atoms with Crippen LogP contribution < -0.4 is 0 Å². The summed E-state index contributed by atoms with van der Waals surface area (Å²) in [5, 5.41) is 0. The summed E-state index contributed by atoms with van der Waals surface area (Å²) in [5.41, 5.74) is 0. The summed E-state index contributed by atoms with van der Waals surface area (Å²) in [5.74, 6) is -0.327. The predicted octanol–water partition coefficient (Wildman–Crippen LogP) is 8.47. The van der Waals surface area contributed by atoms with Crippen LogP contribution in [0.15, 0.2) is 12.2 Å². The van der Waals surface area contributed by atoms with E-state index in [-0.39, 0.29) is 11.9 Å². The highest BCUT2D eigenvalue weighted by Gasteiger charge is 1.96. The van der Waals surface area contributed by atoms with Gasteiger partial charge in [0.15, 0.2) is 0 Å². The maximum absolute atomic E-state index is 10.7. The minimum Gasteiger partial charge on any atom is -0.466 e. The van der Waals surface area contributed by atoms with Crippen molar-refractivity contribution in [3.63, 3.8) is 0 Å². The van der Waals surface area contributed by atoms with Gasteiger partial charge >= 0.3 is 11.9 Å². The summed E-state index contributed by atoms with van der Waals surface area (Å²) in [6.45, 7) is 4.12. The molecule has 0 bridgehead atoms. The number of hydrogen-bond donors (Lipinski definition) is 0. The van der Waals surface area contributed by atoms with Crippen molar-refractivity contribution in [1.82, 2.24) is 0 Å². The Labute approximate surface area is 198 Å². The van der Waals surface area contributed by atoms with Crippen molar-refractivity contribution in [2.75, 3.05) is 13.2 Å². The van der Waals surface area contributed by atoms with Crippen LogP contribution >= 0.6 is 0 Å². The van der Waals surface area contributed by atoms with Gasteiger partial charge in [-0.05, 0) is 38.5 Å². The second-order valence-corrected chi connectivity index (χ2v) is 9.09. The third-order valence-electron chi connectivity index (χ3n) is 5.81. The Balaban J connectivity index is 3.10. The molecule has 4 heteroatoms. The van der Waals surface area contributed by atoms with Crippen molar-refractivity contribution in [3.8, 4) is 0 Å². The molecule has 0 aliphatic heterocycles. The van der Waals surface area contributed by atoms with Crippen LogP contribution in [-0.2, 0) is 19.1 Å². The first kappa shape index (κ1) is 30.7. The van der Waals surface area contributed by atoms with Crippen molar-refractivity contribution in [2.24, 2.45) is 0 Å². The number of carbonyl (C=O) groups excluding carboxylic acids is 2. The van der Waals surface area contributed by atoms with Gasteiger partial charge in [0.1, 0.15) is 0 Å². The molecule has 0 N–H and O–H groups in total. The first-order chi connectivity index (χ1) is 15.6. The molecule has 0 saturated heterocycles. The van der Waals surface area contributed by atoms with Gasteiger partial charge in [-0.2, -0.15) is 0 Å². The lowest BCUT2D eigenvalue weighted by Crippen LogP contribution is -2.00. The molecule has 0 aliphatic rings. The van der Waals surface area contributed by atoms with Crippen LogP contribution in [0.3, 0.4) is 0 Å². The smallest absolute Gasteiger partial charge is 0.302 e. The molecule has 0 atom stereocenters. The van der Waals surface area contributed by atoms with Crippen LogP contribution in [-0.4, -0.2) is 25.2 Å². The lowest BCUT2D eigenvalue weighted by atomic mass is 10.0. The minimum absolute atomic E-state index is 0.161. The number of esters is 2. The molecule has 0 saturated carbocycles. The molecule has 0 amide bonds. The average Bonchev–Trinajstić information content (AvgIpc) is 2.75. The Kier molecular flexibility index (Phi) is 24.9. The predicted molar refractivity (Wildman–Crippen MR) is 135 cm³/mol. The molecule has 0 unspecified atom stereocenters. The summed E-state index contributed by atoms with van der Waals surface area (Å²) in [6, 6.07) is 0. The maximum Gasteiger partial charge on any atom is 0.302 e. The number of carbonyl (C=O) groups is 2. The summed E-state index contributed by atoms with van der Waals surface area (Å²) in [4.78, 5) is 21.3. The van der Waals surface area contributed by atoms with Gasteiger partial charge in [-0.3, -0.25) is 9.59 Å². The van der Waals surface area contributed by atoms with E-state index in [4.69, 9.17) is 9.47 Å². The van der Waals surface area contributed by atoms with E-state index >= 15 is 0 Å². The molecule has 0 aromatic rings. The van der Waals surface area contributed by atoms with E-state index in [0.717, 1.165) is 12.8 Å². The van der Waals surface area contributed by atoms with Gasteiger partial charge in [0, 0.05) is 13.8 Å². The zero-order chi connectivity index (χ0) is 23.5. The van der Waals surface area contributed by atoms with Gasteiger partial charge in [0.05, 0.1) is 13.2 Å². The molecule has 188 valence electrons. The highest BCUT2D eigenvalue weighted by molar-refractivity contribution is 5.66. The van der Waals surface area contributed by atoms with Gasteiger partial charge in [-0.25, -0.2) is 0 Å². The van der Waals surface area contributed by atoms with Crippen LogP contribution in [0.2, 0.25) is 0 Å². The first-order valence-electron chi connectivity index (χ1n) is 13.5. The Morgan fingerprint density at radius 3 is 0.969 bits per heavy atom. The van der Waals surface area contributed by atoms with Crippen molar-refractivity contribution < 1.29 is 19.1 Å². The monoisotopic (exact) mass is 452 g/mol. The summed E-state index contributed by atoms with van der Waals surface area (Å²) >= 11 is 0. The fourth-order valence-electron chi connectivity index (χ4n) is 3.87. The molecular formula is C28H52O4. The fraction of sp³-hybridized carbons (Fsp3) is 0.857. The quantitative estimate of drug-likeness (QED) is 0.0837. The van der Waals surface area contributed by atoms with Crippen LogP contribution in [0.5, 0.6) is 0 Å². The largest absolute Gasteiger partial charge is 0.466 e. The molecule has 0 radical (unpaired) electrons. The SMILES string of the molecule is CC(=O)OCCCCCCCC/C=C\CCCCCCCCCCCCCCOC(C)=O. The highest BCUT2D eigenvalue weighted by atomic mass is 16.5. The molecule has 0 fully saturated rings. The molecule has 0 aromatic carbocycles. The zero-order valence-corrected chi connectivity index (χ0v) is 21.3. The van der Waals surface area contributed by atoms with Crippen LogP contribution in [0.25, 0.3) is 0 Å². The Hall–Kier alpha value is -1.32. The highest BCUT2D eigenvalue weighted by Crippen LogP contribution is 2.13. The van der Waals surface area contributed by atoms with E-state index in [2.05, 4.69) is 12.2 Å². The van der Waals surface area contributed by atoms with E-state index in [1.54, 1.807) is 0 Å². The molecule has 0 aromatic heterocycles. The van der Waals surface area contributed by atoms with Gasteiger partial charge in [-0.15, -0.1) is 0 Å². The van der Waals surface area contributed by atoms with E-state index < -0.39 is 0 Å². The van der Waals surface area contributed by atoms with E-state index in [0.29, 0.717) is 13.2 Å². The third kappa shape index (κ3) is 28.7. The zero-order valence-electron chi connectivity index (χ0n) is 21.3. The molecule has 0 aliphatic carbocycles. The summed E-state index contributed by atoms with van der Waals surface area (Å²) in [7, 11) is 0. The lowest BCUT2D eigenvalue weighted by molar-refractivity contribution is -0.142. The van der Waals surface area contributed by atoms with Crippen molar-refractivity contribution in [2.45, 2.75) is 142 Å². The second kappa shape index (κ2) is 25.9. The number of rotatable bonds is 24. The standard InChI is InChI=1S/C28H52O4/c1-27(29)31-25-23-21-19-17-15-13-11-9-7-5-3-4-6-8-10-12-14-16-18-20-22-24-26-32-28(2)30/h7,9H,3-6,8,10-26H2,1-2H3/b9-7-. The van der Waals surface area contributed by atoms with E-state index in [9.17, 15) is 9.59 Å². The summed E-state index contributed by atoms with van der Waals surface area (Å²) in [6.07, 6.45) is 30.4. The van der Waals surface area contributed by atoms with Crippen molar-refractivity contribution in [1.29, 1.82) is 0 Å².